The third-order valence-electron chi connectivity index (χ3n) is 13.3. The molecule has 1 aliphatic rings. The fourth-order valence-corrected chi connectivity index (χ4v) is 8.16. The molecule has 320 valence electrons. The molecule has 7 rings (SSSR count). The van der Waals surface area contributed by atoms with Gasteiger partial charge in [-0.15, -0.1) is 0 Å². The number of amidine groups is 2. The lowest BCUT2D eigenvalue weighted by Gasteiger charge is -2.39. The maximum absolute atomic E-state index is 7.60. The molecule has 0 fully saturated rings. The van der Waals surface area contributed by atoms with Crippen LogP contribution in [0.1, 0.15) is 133 Å². The van der Waals surface area contributed by atoms with Crippen molar-refractivity contribution in [1.82, 2.24) is 0 Å². The van der Waals surface area contributed by atoms with E-state index in [9.17, 15) is 0 Å². The van der Waals surface area contributed by atoms with E-state index in [0.717, 1.165) is 79.3 Å². The van der Waals surface area contributed by atoms with Crippen molar-refractivity contribution in [2.45, 2.75) is 127 Å². The standard InChI is InChI=1S/C57H66N4O/c1-33-21-17-25-47(37(33)5)58-53(59-48-26-18-22-34(2)38(48)6)43-29-41(55(9,10)11)31-45-51(43)62-52-44(30-42(56(12,13)14)32-46(52)57(45,15)16)54(60-49-27-19-23-35(3)39(49)7)61-50-28-20-24-36(4)40(50)8/h17-32H,1-16H3,(H,58,59)(H,60,61). The molecular weight excluding hydrogens is 757 g/mol. The van der Waals surface area contributed by atoms with Crippen LogP contribution in [-0.2, 0) is 16.2 Å². The lowest BCUT2D eigenvalue weighted by molar-refractivity contribution is 0.413. The smallest absolute Gasteiger partial charge is 0.142 e. The van der Waals surface area contributed by atoms with E-state index < -0.39 is 5.41 Å². The highest BCUT2D eigenvalue weighted by atomic mass is 16.5. The summed E-state index contributed by atoms with van der Waals surface area (Å²) in [6.45, 7) is 35.7. The maximum atomic E-state index is 7.60. The van der Waals surface area contributed by atoms with Crippen LogP contribution in [-0.4, -0.2) is 11.7 Å². The van der Waals surface area contributed by atoms with E-state index in [1.54, 1.807) is 0 Å². The molecule has 0 spiro atoms. The molecule has 2 N–H and O–H groups in total. The van der Waals surface area contributed by atoms with E-state index in [0.29, 0.717) is 0 Å². The normalized spacial score (nSPS) is 13.9. The second kappa shape index (κ2) is 16.4. The first-order valence-electron chi connectivity index (χ1n) is 22.1. The molecule has 5 heteroatoms. The second-order valence-corrected chi connectivity index (χ2v) is 20.1. The number of fused-ring (bicyclic) bond motifs is 2. The summed E-state index contributed by atoms with van der Waals surface area (Å²) in [6.07, 6.45) is 0. The van der Waals surface area contributed by atoms with Crippen LogP contribution in [0.3, 0.4) is 0 Å². The zero-order chi connectivity index (χ0) is 45.1. The summed E-state index contributed by atoms with van der Waals surface area (Å²) in [7, 11) is 0. The van der Waals surface area contributed by atoms with Crippen LogP contribution in [0.2, 0.25) is 0 Å². The summed E-state index contributed by atoms with van der Waals surface area (Å²) in [6, 6.07) is 34.8. The number of nitrogens with zero attached hydrogens (tertiary/aromatic N) is 2. The molecule has 0 bridgehead atoms. The summed E-state index contributed by atoms with van der Waals surface area (Å²) in [5.74, 6) is 3.05. The first-order valence-corrected chi connectivity index (χ1v) is 22.1. The van der Waals surface area contributed by atoms with E-state index in [2.05, 4.69) is 218 Å². The summed E-state index contributed by atoms with van der Waals surface area (Å²) in [4.78, 5) is 11.1. The quantitative estimate of drug-likeness (QED) is 0.130. The van der Waals surface area contributed by atoms with Gasteiger partial charge in [-0.1, -0.05) is 116 Å². The Hall–Kier alpha value is -5.94. The van der Waals surface area contributed by atoms with Crippen molar-refractivity contribution >= 4 is 34.4 Å². The van der Waals surface area contributed by atoms with Crippen molar-refractivity contribution in [2.24, 2.45) is 9.98 Å². The van der Waals surface area contributed by atoms with Crippen LogP contribution in [0.4, 0.5) is 22.7 Å². The van der Waals surface area contributed by atoms with E-state index in [-0.39, 0.29) is 10.8 Å². The SMILES string of the molecule is Cc1cccc(N=C(Nc2cccc(C)c2C)c2cc(C(C)(C)C)cc3c2Oc2c(C(=Nc4cccc(C)c4C)Nc4cccc(C)c4C)cc(C(C)(C)C)cc2C3(C)C)c1C. The van der Waals surface area contributed by atoms with Crippen LogP contribution < -0.4 is 15.4 Å². The minimum absolute atomic E-state index is 0.163. The number of hydrogen-bond acceptors (Lipinski definition) is 3. The van der Waals surface area contributed by atoms with Gasteiger partial charge in [-0.05, 0) is 158 Å². The fourth-order valence-electron chi connectivity index (χ4n) is 8.16. The molecular formula is C57H66N4O. The largest absolute Gasteiger partial charge is 0.455 e. The number of anilines is 2. The number of aliphatic imine (C=N–C) groups is 2. The molecule has 0 amide bonds. The average Bonchev–Trinajstić information content (AvgIpc) is 3.20. The zero-order valence-electron chi connectivity index (χ0n) is 40.0. The zero-order valence-corrected chi connectivity index (χ0v) is 40.0. The van der Waals surface area contributed by atoms with Crippen molar-refractivity contribution in [2.75, 3.05) is 10.6 Å². The molecule has 6 aromatic rings. The van der Waals surface area contributed by atoms with Crippen molar-refractivity contribution in [3.63, 3.8) is 0 Å². The molecule has 0 saturated carbocycles. The topological polar surface area (TPSA) is 58.0 Å². The summed E-state index contributed by atoms with van der Waals surface area (Å²) in [5.41, 5.74) is 19.0. The third-order valence-corrected chi connectivity index (χ3v) is 13.3. The van der Waals surface area contributed by atoms with Gasteiger partial charge in [0.1, 0.15) is 23.2 Å². The Morgan fingerprint density at radius 1 is 0.468 bits per heavy atom. The van der Waals surface area contributed by atoms with Gasteiger partial charge in [-0.25, -0.2) is 9.98 Å². The molecule has 0 saturated heterocycles. The van der Waals surface area contributed by atoms with E-state index in [1.165, 1.54) is 44.5 Å². The Balaban J connectivity index is 1.57. The van der Waals surface area contributed by atoms with Crippen molar-refractivity contribution in [3.8, 4) is 11.5 Å². The molecule has 0 aliphatic carbocycles. The predicted molar refractivity (Wildman–Crippen MR) is 266 cm³/mol. The van der Waals surface area contributed by atoms with Gasteiger partial charge in [0, 0.05) is 27.9 Å². The lowest BCUT2D eigenvalue weighted by atomic mass is 9.70. The summed E-state index contributed by atoms with van der Waals surface area (Å²) < 4.78 is 7.60. The van der Waals surface area contributed by atoms with Gasteiger partial charge in [0.2, 0.25) is 0 Å². The first-order chi connectivity index (χ1) is 29.1. The van der Waals surface area contributed by atoms with E-state index in [4.69, 9.17) is 14.7 Å². The Kier molecular flexibility index (Phi) is 11.7. The molecule has 1 aliphatic heterocycles. The summed E-state index contributed by atoms with van der Waals surface area (Å²) >= 11 is 0. The highest BCUT2D eigenvalue weighted by molar-refractivity contribution is 6.14. The van der Waals surface area contributed by atoms with Crippen molar-refractivity contribution in [3.05, 3.63) is 175 Å². The van der Waals surface area contributed by atoms with Gasteiger partial charge in [0.25, 0.3) is 0 Å². The second-order valence-electron chi connectivity index (χ2n) is 20.1. The van der Waals surface area contributed by atoms with Gasteiger partial charge in [0.15, 0.2) is 0 Å². The molecule has 0 aromatic heterocycles. The van der Waals surface area contributed by atoms with Crippen molar-refractivity contribution < 1.29 is 4.74 Å². The first kappa shape index (κ1) is 44.1. The Bertz CT molecular complexity index is 2600. The van der Waals surface area contributed by atoms with Gasteiger partial charge in [0.05, 0.1) is 22.5 Å². The Morgan fingerprint density at radius 3 is 1.16 bits per heavy atom. The maximum Gasteiger partial charge on any atom is 0.142 e. The third kappa shape index (κ3) is 8.47. The fraction of sp³-hybridized carbons (Fsp3) is 0.333. The molecule has 62 heavy (non-hydrogen) atoms. The molecule has 0 unspecified atom stereocenters. The lowest BCUT2D eigenvalue weighted by Crippen LogP contribution is -2.31. The van der Waals surface area contributed by atoms with Gasteiger partial charge in [-0.2, -0.15) is 0 Å². The number of benzene rings is 6. The Labute approximate surface area is 371 Å². The van der Waals surface area contributed by atoms with Gasteiger partial charge < -0.3 is 15.4 Å². The van der Waals surface area contributed by atoms with Gasteiger partial charge in [-0.3, -0.25) is 0 Å². The van der Waals surface area contributed by atoms with Crippen LogP contribution >= 0.6 is 0 Å². The average molecular weight is 823 g/mol. The Morgan fingerprint density at radius 2 is 0.806 bits per heavy atom. The van der Waals surface area contributed by atoms with Gasteiger partial charge >= 0.3 is 0 Å². The van der Waals surface area contributed by atoms with Crippen LogP contribution in [0.15, 0.2) is 107 Å². The van der Waals surface area contributed by atoms with E-state index >= 15 is 0 Å². The molecule has 1 heterocycles. The summed E-state index contributed by atoms with van der Waals surface area (Å²) in [5, 5.41) is 7.74. The predicted octanol–water partition coefficient (Wildman–Crippen LogP) is 15.6. The highest BCUT2D eigenvalue weighted by Gasteiger charge is 2.41. The van der Waals surface area contributed by atoms with E-state index in [1.807, 2.05) is 0 Å². The number of hydrogen-bond donors (Lipinski definition) is 2. The van der Waals surface area contributed by atoms with Crippen LogP contribution in [0.25, 0.3) is 0 Å². The van der Waals surface area contributed by atoms with Crippen molar-refractivity contribution in [1.29, 1.82) is 0 Å². The number of aryl methyl sites for hydroxylation is 4. The molecule has 0 radical (unpaired) electrons. The monoisotopic (exact) mass is 823 g/mol. The van der Waals surface area contributed by atoms with Crippen LogP contribution in [0.5, 0.6) is 11.5 Å². The molecule has 5 nitrogen and oxygen atoms in total. The minimum Gasteiger partial charge on any atom is -0.455 e. The molecule has 6 aromatic carbocycles. The molecule has 0 atom stereocenters. The highest BCUT2D eigenvalue weighted by Crippen LogP contribution is 2.53. The van der Waals surface area contributed by atoms with Crippen LogP contribution in [0, 0.1) is 55.4 Å². The number of rotatable bonds is 6. The minimum atomic E-state index is -0.484. The number of nitrogens with one attached hydrogen (secondary N) is 2. The number of ether oxygens (including phenoxy) is 1.